The van der Waals surface area contributed by atoms with Crippen LogP contribution in [0.15, 0.2) is 24.3 Å². The summed E-state index contributed by atoms with van der Waals surface area (Å²) in [4.78, 5) is 13.3. The number of aliphatic carboxylic acids is 1. The molecule has 0 bridgehead atoms. The zero-order valence-electron chi connectivity index (χ0n) is 12.0. The molecule has 1 aliphatic rings. The second kappa shape index (κ2) is 6.13. The number of carboxylic acids is 1. The third kappa shape index (κ3) is 3.42. The smallest absolute Gasteiger partial charge is 0.310 e. The second-order valence-corrected chi connectivity index (χ2v) is 5.42. The highest BCUT2D eigenvalue weighted by molar-refractivity contribution is 5.74. The highest BCUT2D eigenvalue weighted by atomic mass is 16.5. The van der Waals surface area contributed by atoms with Gasteiger partial charge in [0.25, 0.3) is 0 Å². The highest BCUT2D eigenvalue weighted by Gasteiger charge is 2.40. The fraction of sp³-hybridized carbons (Fsp3) is 0.533. The van der Waals surface area contributed by atoms with Crippen LogP contribution >= 0.6 is 0 Å². The van der Waals surface area contributed by atoms with Gasteiger partial charge >= 0.3 is 5.97 Å². The predicted octanol–water partition coefficient (Wildman–Crippen LogP) is 1.87. The van der Waals surface area contributed by atoms with E-state index in [1.165, 1.54) is 0 Å². The van der Waals surface area contributed by atoms with Gasteiger partial charge in [-0.1, -0.05) is 0 Å². The fourth-order valence-corrected chi connectivity index (χ4v) is 2.39. The van der Waals surface area contributed by atoms with E-state index < -0.39 is 11.4 Å². The van der Waals surface area contributed by atoms with Crippen LogP contribution < -0.4 is 9.47 Å². The van der Waals surface area contributed by atoms with E-state index in [0.717, 1.165) is 24.6 Å². The van der Waals surface area contributed by atoms with Gasteiger partial charge in [-0.15, -0.1) is 0 Å². The molecule has 1 aliphatic heterocycles. The van der Waals surface area contributed by atoms with Crippen LogP contribution in [0, 0.1) is 5.41 Å². The maximum atomic E-state index is 11.2. The number of ether oxygens (including phenoxy) is 2. The molecule has 1 unspecified atom stereocenters. The van der Waals surface area contributed by atoms with E-state index in [1.807, 2.05) is 24.3 Å². The molecule has 0 saturated carbocycles. The van der Waals surface area contributed by atoms with Crippen LogP contribution in [-0.2, 0) is 4.79 Å². The Hall–Kier alpha value is -1.75. The molecular weight excluding hydrogens is 258 g/mol. The minimum atomic E-state index is -0.712. The van der Waals surface area contributed by atoms with Gasteiger partial charge in [0, 0.05) is 13.1 Å². The third-order valence-corrected chi connectivity index (χ3v) is 3.80. The predicted molar refractivity (Wildman–Crippen MR) is 75.3 cm³/mol. The van der Waals surface area contributed by atoms with Gasteiger partial charge < -0.3 is 14.6 Å². The van der Waals surface area contributed by atoms with Crippen molar-refractivity contribution in [2.24, 2.45) is 5.41 Å². The quantitative estimate of drug-likeness (QED) is 0.861. The number of methoxy groups -OCH3 is 1. The molecule has 110 valence electrons. The monoisotopic (exact) mass is 279 g/mol. The van der Waals surface area contributed by atoms with Crippen molar-refractivity contribution in [2.75, 3.05) is 33.4 Å². The molecule has 0 aliphatic carbocycles. The minimum absolute atomic E-state index is 0.558. The van der Waals surface area contributed by atoms with E-state index in [0.29, 0.717) is 19.6 Å². The number of likely N-dealkylation sites (tertiary alicyclic amines) is 1. The average Bonchev–Trinajstić information content (AvgIpc) is 2.83. The summed E-state index contributed by atoms with van der Waals surface area (Å²) in [5.74, 6) is 0.885. The molecule has 1 N–H and O–H groups in total. The molecule has 1 aromatic rings. The summed E-state index contributed by atoms with van der Waals surface area (Å²) in [5.41, 5.74) is -0.611. The summed E-state index contributed by atoms with van der Waals surface area (Å²) in [5, 5.41) is 9.17. The van der Waals surface area contributed by atoms with Crippen LogP contribution in [0.4, 0.5) is 0 Å². The molecule has 20 heavy (non-hydrogen) atoms. The fourth-order valence-electron chi connectivity index (χ4n) is 2.39. The van der Waals surface area contributed by atoms with Crippen LogP contribution in [0.1, 0.15) is 13.3 Å². The lowest BCUT2D eigenvalue weighted by molar-refractivity contribution is -0.147. The summed E-state index contributed by atoms with van der Waals surface area (Å²) in [6.45, 7) is 4.51. The van der Waals surface area contributed by atoms with Crippen molar-refractivity contribution >= 4 is 5.97 Å². The Morgan fingerprint density at radius 3 is 2.55 bits per heavy atom. The molecule has 1 atom stereocenters. The largest absolute Gasteiger partial charge is 0.497 e. The number of rotatable bonds is 6. The molecule has 0 spiro atoms. The number of benzene rings is 1. The van der Waals surface area contributed by atoms with Crippen molar-refractivity contribution in [3.05, 3.63) is 24.3 Å². The number of hydrogen-bond donors (Lipinski definition) is 1. The lowest BCUT2D eigenvalue weighted by Gasteiger charge is -2.20. The van der Waals surface area contributed by atoms with Crippen LogP contribution in [0.2, 0.25) is 0 Å². The van der Waals surface area contributed by atoms with Crippen molar-refractivity contribution in [1.82, 2.24) is 4.90 Å². The first-order valence-electron chi connectivity index (χ1n) is 6.76. The van der Waals surface area contributed by atoms with Crippen LogP contribution in [0.3, 0.4) is 0 Å². The SMILES string of the molecule is COc1ccc(OCCN2CCC(C)(C(=O)O)C2)cc1. The first kappa shape index (κ1) is 14.7. The topological polar surface area (TPSA) is 59.0 Å². The van der Waals surface area contributed by atoms with Crippen molar-refractivity contribution in [2.45, 2.75) is 13.3 Å². The minimum Gasteiger partial charge on any atom is -0.497 e. The molecule has 5 heteroatoms. The second-order valence-electron chi connectivity index (χ2n) is 5.42. The Morgan fingerprint density at radius 2 is 2.00 bits per heavy atom. The molecule has 1 heterocycles. The van der Waals surface area contributed by atoms with Gasteiger partial charge in [0.2, 0.25) is 0 Å². The number of carbonyl (C=O) groups is 1. The summed E-state index contributed by atoms with van der Waals surface area (Å²) in [6.07, 6.45) is 0.699. The Kier molecular flexibility index (Phi) is 4.49. The zero-order valence-corrected chi connectivity index (χ0v) is 12.0. The molecule has 0 radical (unpaired) electrons. The molecule has 5 nitrogen and oxygen atoms in total. The standard InChI is InChI=1S/C15H21NO4/c1-15(14(17)18)7-8-16(11-15)9-10-20-13-5-3-12(19-2)4-6-13/h3-6H,7-11H2,1-2H3,(H,17,18). The van der Waals surface area contributed by atoms with Crippen LogP contribution in [-0.4, -0.2) is 49.3 Å². The number of hydrogen-bond acceptors (Lipinski definition) is 4. The van der Waals surface area contributed by atoms with Gasteiger partial charge in [-0.2, -0.15) is 0 Å². The summed E-state index contributed by atoms with van der Waals surface area (Å²) in [6, 6.07) is 7.44. The third-order valence-electron chi connectivity index (χ3n) is 3.80. The first-order chi connectivity index (χ1) is 9.53. The van der Waals surface area contributed by atoms with Crippen LogP contribution in [0.5, 0.6) is 11.5 Å². The van der Waals surface area contributed by atoms with Crippen molar-refractivity contribution in [3.63, 3.8) is 0 Å². The molecule has 1 aromatic carbocycles. The Labute approximate surface area is 119 Å². The van der Waals surface area contributed by atoms with Crippen LogP contribution in [0.25, 0.3) is 0 Å². The van der Waals surface area contributed by atoms with E-state index in [-0.39, 0.29) is 0 Å². The maximum absolute atomic E-state index is 11.2. The van der Waals surface area contributed by atoms with E-state index in [1.54, 1.807) is 14.0 Å². The van der Waals surface area contributed by atoms with Gasteiger partial charge in [0.15, 0.2) is 0 Å². The van der Waals surface area contributed by atoms with E-state index in [2.05, 4.69) is 4.90 Å². The highest BCUT2D eigenvalue weighted by Crippen LogP contribution is 2.29. The van der Waals surface area contributed by atoms with Crippen molar-refractivity contribution < 1.29 is 19.4 Å². The van der Waals surface area contributed by atoms with Gasteiger partial charge in [-0.3, -0.25) is 9.69 Å². The normalized spacial score (nSPS) is 22.7. The molecule has 0 amide bonds. The lowest BCUT2D eigenvalue weighted by atomic mass is 9.90. The first-order valence-corrected chi connectivity index (χ1v) is 6.76. The Morgan fingerprint density at radius 1 is 1.35 bits per heavy atom. The van der Waals surface area contributed by atoms with E-state index >= 15 is 0 Å². The summed E-state index contributed by atoms with van der Waals surface area (Å²) in [7, 11) is 1.63. The number of carboxylic acid groups (broad SMARTS) is 1. The molecule has 1 fully saturated rings. The van der Waals surface area contributed by atoms with Gasteiger partial charge in [0.1, 0.15) is 18.1 Å². The summed E-state index contributed by atoms with van der Waals surface area (Å²) >= 11 is 0. The maximum Gasteiger partial charge on any atom is 0.310 e. The Bertz CT molecular complexity index is 459. The van der Waals surface area contributed by atoms with E-state index in [9.17, 15) is 9.90 Å². The molecule has 0 aromatic heterocycles. The van der Waals surface area contributed by atoms with E-state index in [4.69, 9.17) is 9.47 Å². The molecule has 2 rings (SSSR count). The zero-order chi connectivity index (χ0) is 14.6. The van der Waals surface area contributed by atoms with Gasteiger partial charge in [0.05, 0.1) is 12.5 Å². The van der Waals surface area contributed by atoms with Gasteiger partial charge in [-0.05, 0) is 44.2 Å². The summed E-state index contributed by atoms with van der Waals surface area (Å²) < 4.78 is 10.7. The molecule has 1 saturated heterocycles. The molecular formula is C15H21NO4. The Balaban J connectivity index is 1.75. The van der Waals surface area contributed by atoms with Gasteiger partial charge in [-0.25, -0.2) is 0 Å². The average molecular weight is 279 g/mol. The lowest BCUT2D eigenvalue weighted by Crippen LogP contribution is -2.33. The van der Waals surface area contributed by atoms with Crippen molar-refractivity contribution in [1.29, 1.82) is 0 Å². The van der Waals surface area contributed by atoms with Crippen molar-refractivity contribution in [3.8, 4) is 11.5 Å². The number of nitrogens with zero attached hydrogens (tertiary/aromatic N) is 1.